The summed E-state index contributed by atoms with van der Waals surface area (Å²) in [5.41, 5.74) is 10.4. The highest BCUT2D eigenvalue weighted by Gasteiger charge is 2.20. The standard InChI is InChI=1S/C21H35NO2/c1-2-3-12-24-16-17-7-8-19-14-20(10-9-18(19)13-17)21(15-22)6-4-5-11-23/h9-10,14,17,21,23H,2-8,11-13,15-16,22H2,1H3/t17?,21-/m0/s1. The molecular formula is C21H35NO2. The largest absolute Gasteiger partial charge is 0.396 e. The minimum Gasteiger partial charge on any atom is -0.396 e. The van der Waals surface area contributed by atoms with Gasteiger partial charge in [0.05, 0.1) is 0 Å². The van der Waals surface area contributed by atoms with Crippen molar-refractivity contribution in [2.24, 2.45) is 11.7 Å². The summed E-state index contributed by atoms with van der Waals surface area (Å²) in [5.74, 6) is 1.10. The van der Waals surface area contributed by atoms with Crippen LogP contribution < -0.4 is 5.73 Å². The number of unbranched alkanes of at least 4 members (excludes halogenated alkanes) is 2. The number of ether oxygens (including phenoxy) is 1. The van der Waals surface area contributed by atoms with E-state index >= 15 is 0 Å². The fourth-order valence-corrected chi connectivity index (χ4v) is 3.67. The summed E-state index contributed by atoms with van der Waals surface area (Å²) in [6.45, 7) is 5.00. The molecule has 3 N–H and O–H groups in total. The van der Waals surface area contributed by atoms with E-state index in [-0.39, 0.29) is 6.61 Å². The lowest BCUT2D eigenvalue weighted by Gasteiger charge is -2.26. The van der Waals surface area contributed by atoms with Crippen LogP contribution >= 0.6 is 0 Å². The van der Waals surface area contributed by atoms with Crippen LogP contribution in [0.15, 0.2) is 18.2 Å². The molecule has 2 atom stereocenters. The van der Waals surface area contributed by atoms with Crippen molar-refractivity contribution >= 4 is 0 Å². The van der Waals surface area contributed by atoms with E-state index in [1.807, 2.05) is 0 Å². The summed E-state index contributed by atoms with van der Waals surface area (Å²) < 4.78 is 5.83. The minimum absolute atomic E-state index is 0.281. The van der Waals surface area contributed by atoms with Gasteiger partial charge in [-0.15, -0.1) is 0 Å². The molecule has 0 spiro atoms. The number of hydrogen-bond acceptors (Lipinski definition) is 3. The van der Waals surface area contributed by atoms with E-state index in [0.717, 1.165) is 38.9 Å². The first-order valence-electron chi connectivity index (χ1n) is 9.78. The molecule has 0 amide bonds. The second-order valence-electron chi connectivity index (χ2n) is 7.22. The van der Waals surface area contributed by atoms with Gasteiger partial charge in [-0.05, 0) is 73.6 Å². The van der Waals surface area contributed by atoms with Crippen LogP contribution in [-0.2, 0) is 17.6 Å². The summed E-state index contributed by atoms with van der Waals surface area (Å²) in [7, 11) is 0. The average Bonchev–Trinajstić information content (AvgIpc) is 2.62. The number of aryl methyl sites for hydroxylation is 1. The number of nitrogens with two attached hydrogens (primary N) is 1. The first kappa shape index (κ1) is 19.4. The molecule has 0 saturated carbocycles. The first-order chi connectivity index (χ1) is 11.8. The Kier molecular flexibility index (Phi) is 8.79. The van der Waals surface area contributed by atoms with Crippen LogP contribution in [0.1, 0.15) is 68.1 Å². The summed E-state index contributed by atoms with van der Waals surface area (Å²) in [6, 6.07) is 6.98. The molecule has 3 nitrogen and oxygen atoms in total. The Morgan fingerprint density at radius 1 is 1.25 bits per heavy atom. The molecule has 136 valence electrons. The third-order valence-corrected chi connectivity index (χ3v) is 5.27. The second-order valence-corrected chi connectivity index (χ2v) is 7.22. The zero-order valence-corrected chi connectivity index (χ0v) is 15.3. The fourth-order valence-electron chi connectivity index (χ4n) is 3.67. The molecule has 0 radical (unpaired) electrons. The molecule has 0 aromatic heterocycles. The molecule has 0 saturated heterocycles. The molecule has 0 fully saturated rings. The third kappa shape index (κ3) is 5.87. The molecule has 0 bridgehead atoms. The fraction of sp³-hybridized carbons (Fsp3) is 0.714. The van der Waals surface area contributed by atoms with Crippen molar-refractivity contribution in [1.82, 2.24) is 0 Å². The van der Waals surface area contributed by atoms with Crippen molar-refractivity contribution in [2.75, 3.05) is 26.4 Å². The quantitative estimate of drug-likeness (QED) is 0.605. The predicted octanol–water partition coefficient (Wildman–Crippen LogP) is 3.81. The molecule has 1 unspecified atom stereocenters. The topological polar surface area (TPSA) is 55.5 Å². The van der Waals surface area contributed by atoms with Gasteiger partial charge in [-0.1, -0.05) is 38.0 Å². The van der Waals surface area contributed by atoms with Crippen molar-refractivity contribution < 1.29 is 9.84 Å². The molecule has 0 aliphatic heterocycles. The summed E-state index contributed by atoms with van der Waals surface area (Å²) in [5, 5.41) is 8.96. The lowest BCUT2D eigenvalue weighted by Crippen LogP contribution is -2.20. The number of fused-ring (bicyclic) bond motifs is 1. The molecule has 2 rings (SSSR count). The SMILES string of the molecule is CCCCOCC1CCc2cc([C@H](CN)CCCCO)ccc2C1. The van der Waals surface area contributed by atoms with Crippen molar-refractivity contribution in [3.05, 3.63) is 34.9 Å². The number of aliphatic hydroxyl groups excluding tert-OH is 1. The molecule has 1 aromatic carbocycles. The Bertz CT molecular complexity index is 475. The molecule has 0 heterocycles. The molecule has 3 heteroatoms. The maximum atomic E-state index is 8.96. The Hall–Kier alpha value is -0.900. The smallest absolute Gasteiger partial charge is 0.0497 e. The Balaban J connectivity index is 1.90. The number of benzene rings is 1. The lowest BCUT2D eigenvalue weighted by atomic mass is 9.81. The van der Waals surface area contributed by atoms with Gasteiger partial charge in [0.1, 0.15) is 0 Å². The van der Waals surface area contributed by atoms with Crippen LogP contribution in [0.25, 0.3) is 0 Å². The van der Waals surface area contributed by atoms with Crippen LogP contribution in [-0.4, -0.2) is 31.5 Å². The van der Waals surface area contributed by atoms with Crippen LogP contribution in [0, 0.1) is 5.92 Å². The maximum Gasteiger partial charge on any atom is 0.0497 e. The summed E-state index contributed by atoms with van der Waals surface area (Å²) in [6.07, 6.45) is 8.93. The van der Waals surface area contributed by atoms with Gasteiger partial charge in [-0.3, -0.25) is 0 Å². The van der Waals surface area contributed by atoms with Gasteiger partial charge in [0.25, 0.3) is 0 Å². The molecule has 24 heavy (non-hydrogen) atoms. The van der Waals surface area contributed by atoms with E-state index < -0.39 is 0 Å². The van der Waals surface area contributed by atoms with E-state index in [1.165, 1.54) is 42.4 Å². The zero-order valence-electron chi connectivity index (χ0n) is 15.3. The van der Waals surface area contributed by atoms with Crippen molar-refractivity contribution in [1.29, 1.82) is 0 Å². The Morgan fingerprint density at radius 3 is 2.88 bits per heavy atom. The highest BCUT2D eigenvalue weighted by atomic mass is 16.5. The maximum absolute atomic E-state index is 8.96. The Morgan fingerprint density at radius 2 is 2.12 bits per heavy atom. The monoisotopic (exact) mass is 333 g/mol. The highest BCUT2D eigenvalue weighted by molar-refractivity contribution is 5.36. The van der Waals surface area contributed by atoms with Crippen LogP contribution in [0.4, 0.5) is 0 Å². The van der Waals surface area contributed by atoms with Crippen LogP contribution in [0.2, 0.25) is 0 Å². The van der Waals surface area contributed by atoms with Gasteiger partial charge in [0.2, 0.25) is 0 Å². The van der Waals surface area contributed by atoms with Crippen molar-refractivity contribution in [2.45, 2.75) is 64.2 Å². The van der Waals surface area contributed by atoms with Gasteiger partial charge in [0.15, 0.2) is 0 Å². The lowest BCUT2D eigenvalue weighted by molar-refractivity contribution is 0.0921. The minimum atomic E-state index is 0.281. The van der Waals surface area contributed by atoms with Crippen molar-refractivity contribution in [3.8, 4) is 0 Å². The van der Waals surface area contributed by atoms with E-state index in [2.05, 4.69) is 25.1 Å². The van der Waals surface area contributed by atoms with Gasteiger partial charge in [-0.2, -0.15) is 0 Å². The Labute approximate surface area is 147 Å². The molecular weight excluding hydrogens is 298 g/mol. The van der Waals surface area contributed by atoms with Gasteiger partial charge < -0.3 is 15.6 Å². The first-order valence-corrected chi connectivity index (χ1v) is 9.78. The second kappa shape index (κ2) is 10.9. The predicted molar refractivity (Wildman–Crippen MR) is 100 cm³/mol. The molecule has 1 aromatic rings. The molecule has 1 aliphatic carbocycles. The van der Waals surface area contributed by atoms with Crippen molar-refractivity contribution in [3.63, 3.8) is 0 Å². The average molecular weight is 334 g/mol. The van der Waals surface area contributed by atoms with E-state index in [9.17, 15) is 0 Å². The highest BCUT2D eigenvalue weighted by Crippen LogP contribution is 2.30. The van der Waals surface area contributed by atoms with E-state index in [0.29, 0.717) is 18.4 Å². The number of aliphatic hydroxyl groups is 1. The zero-order chi connectivity index (χ0) is 17.2. The van der Waals surface area contributed by atoms with E-state index in [1.54, 1.807) is 0 Å². The van der Waals surface area contributed by atoms with Gasteiger partial charge >= 0.3 is 0 Å². The van der Waals surface area contributed by atoms with Gasteiger partial charge in [0, 0.05) is 19.8 Å². The van der Waals surface area contributed by atoms with Crippen LogP contribution in [0.3, 0.4) is 0 Å². The van der Waals surface area contributed by atoms with Gasteiger partial charge in [-0.25, -0.2) is 0 Å². The third-order valence-electron chi connectivity index (χ3n) is 5.27. The normalized spacial score (nSPS) is 18.4. The summed E-state index contributed by atoms with van der Waals surface area (Å²) in [4.78, 5) is 0. The summed E-state index contributed by atoms with van der Waals surface area (Å²) >= 11 is 0. The number of rotatable bonds is 11. The van der Waals surface area contributed by atoms with E-state index in [4.69, 9.17) is 15.6 Å². The molecule has 1 aliphatic rings. The number of hydrogen-bond donors (Lipinski definition) is 2. The van der Waals surface area contributed by atoms with Crippen LogP contribution in [0.5, 0.6) is 0 Å².